The van der Waals surface area contributed by atoms with E-state index in [4.69, 9.17) is 9.47 Å². The van der Waals surface area contributed by atoms with Crippen molar-refractivity contribution in [2.45, 2.75) is 32.9 Å². The maximum atomic E-state index is 14.7. The summed E-state index contributed by atoms with van der Waals surface area (Å²) in [5.41, 5.74) is 0.619. The molecule has 2 aliphatic heterocycles. The van der Waals surface area contributed by atoms with Crippen LogP contribution in [0.4, 0.5) is 4.39 Å². The third kappa shape index (κ3) is 4.21. The molecule has 0 saturated carbocycles. The molecule has 0 aliphatic carbocycles. The fourth-order valence-electron chi connectivity index (χ4n) is 3.76. The Bertz CT molecular complexity index is 833. The topological polar surface area (TPSA) is 73.1 Å². The number of guanidine groups is 1. The number of ether oxygens (including phenoxy) is 2. The zero-order chi connectivity index (χ0) is 21.0. The van der Waals surface area contributed by atoms with E-state index in [2.05, 4.69) is 34.2 Å². The number of aliphatic imine (C=N–C) groups is 1. The second kappa shape index (κ2) is 9.25. The molecule has 1 fully saturated rings. The molecule has 29 heavy (non-hydrogen) atoms. The van der Waals surface area contributed by atoms with E-state index >= 15 is 0 Å². The highest BCUT2D eigenvalue weighted by Crippen LogP contribution is 2.34. The lowest BCUT2D eigenvalue weighted by atomic mass is 10.0. The van der Waals surface area contributed by atoms with Gasteiger partial charge in [0.2, 0.25) is 5.96 Å². The maximum absolute atomic E-state index is 14.7. The number of hydrogen-bond acceptors (Lipinski definition) is 5. The van der Waals surface area contributed by atoms with Gasteiger partial charge in [-0.25, -0.2) is 9.40 Å². The molecule has 7 nitrogen and oxygen atoms in total. The predicted molar refractivity (Wildman–Crippen MR) is 109 cm³/mol. The van der Waals surface area contributed by atoms with Gasteiger partial charge < -0.3 is 14.8 Å². The first kappa shape index (κ1) is 21.1. The molecule has 1 saturated heterocycles. The summed E-state index contributed by atoms with van der Waals surface area (Å²) in [7, 11) is 1.72. The van der Waals surface area contributed by atoms with Gasteiger partial charge in [0.05, 0.1) is 31.9 Å². The van der Waals surface area contributed by atoms with Crippen LogP contribution >= 0.6 is 0 Å². The average molecular weight is 401 g/mol. The molecule has 0 radical (unpaired) electrons. The SMILES string of the molecule is CCOc1cc(C2C=CNC(=NC)N2N2CCOCC2C(C)C)cc(F)c1C#N. The molecule has 0 amide bonds. The average Bonchev–Trinajstić information content (AvgIpc) is 2.73. The Morgan fingerprint density at radius 1 is 1.45 bits per heavy atom. The third-order valence-corrected chi connectivity index (χ3v) is 5.20. The van der Waals surface area contributed by atoms with E-state index in [0.717, 1.165) is 0 Å². The molecule has 8 heteroatoms. The van der Waals surface area contributed by atoms with Crippen molar-refractivity contribution in [1.82, 2.24) is 15.3 Å². The summed E-state index contributed by atoms with van der Waals surface area (Å²) >= 11 is 0. The van der Waals surface area contributed by atoms with Crippen LogP contribution in [0.5, 0.6) is 5.75 Å². The lowest BCUT2D eigenvalue weighted by molar-refractivity contribution is -0.120. The Hall–Kier alpha value is -2.63. The fraction of sp³-hybridized carbons (Fsp3) is 0.524. The fourth-order valence-corrected chi connectivity index (χ4v) is 3.76. The highest BCUT2D eigenvalue weighted by Gasteiger charge is 2.37. The van der Waals surface area contributed by atoms with Crippen molar-refractivity contribution in [3.63, 3.8) is 0 Å². The molecular formula is C21H28FN5O2. The van der Waals surface area contributed by atoms with Crippen LogP contribution in [0.25, 0.3) is 0 Å². The van der Waals surface area contributed by atoms with Crippen molar-refractivity contribution < 1.29 is 13.9 Å². The van der Waals surface area contributed by atoms with Crippen LogP contribution < -0.4 is 10.1 Å². The second-order valence-electron chi connectivity index (χ2n) is 7.31. The molecule has 3 rings (SSSR count). The molecule has 0 spiro atoms. The predicted octanol–water partition coefficient (Wildman–Crippen LogP) is 2.81. The number of hydrogen-bond donors (Lipinski definition) is 1. The lowest BCUT2D eigenvalue weighted by Gasteiger charge is -2.49. The molecule has 2 atom stereocenters. The number of morpholine rings is 1. The number of nitriles is 1. The Labute approximate surface area is 171 Å². The Balaban J connectivity index is 2.07. The molecule has 2 unspecified atom stereocenters. The summed E-state index contributed by atoms with van der Waals surface area (Å²) in [4.78, 5) is 4.41. The lowest BCUT2D eigenvalue weighted by Crippen LogP contribution is -2.62. The van der Waals surface area contributed by atoms with Gasteiger partial charge in [0.15, 0.2) is 0 Å². The maximum Gasteiger partial charge on any atom is 0.213 e. The van der Waals surface area contributed by atoms with E-state index in [-0.39, 0.29) is 23.4 Å². The molecule has 1 N–H and O–H groups in total. The molecule has 0 bridgehead atoms. The van der Waals surface area contributed by atoms with Crippen LogP contribution in [-0.4, -0.2) is 55.4 Å². The van der Waals surface area contributed by atoms with Crippen molar-refractivity contribution in [2.75, 3.05) is 33.4 Å². The van der Waals surface area contributed by atoms with E-state index in [1.165, 1.54) is 6.07 Å². The van der Waals surface area contributed by atoms with Crippen molar-refractivity contribution in [2.24, 2.45) is 10.9 Å². The van der Waals surface area contributed by atoms with Crippen LogP contribution in [0.3, 0.4) is 0 Å². The molecule has 2 aliphatic rings. The van der Waals surface area contributed by atoms with Gasteiger partial charge in [-0.15, -0.1) is 0 Å². The highest BCUT2D eigenvalue weighted by molar-refractivity contribution is 5.82. The first-order valence-electron chi connectivity index (χ1n) is 9.91. The number of nitrogens with zero attached hydrogens (tertiary/aromatic N) is 4. The molecule has 2 heterocycles. The van der Waals surface area contributed by atoms with Crippen LogP contribution in [0.2, 0.25) is 0 Å². The molecule has 0 aromatic heterocycles. The Morgan fingerprint density at radius 2 is 2.24 bits per heavy atom. The van der Waals surface area contributed by atoms with Gasteiger partial charge in [0.25, 0.3) is 0 Å². The minimum atomic E-state index is -0.585. The van der Waals surface area contributed by atoms with E-state index in [9.17, 15) is 9.65 Å². The van der Waals surface area contributed by atoms with E-state index in [1.807, 2.05) is 25.3 Å². The molecule has 1 aromatic rings. The summed E-state index contributed by atoms with van der Waals surface area (Å²) in [5, 5.41) is 16.8. The zero-order valence-corrected chi connectivity index (χ0v) is 17.4. The highest BCUT2D eigenvalue weighted by atomic mass is 19.1. The number of benzene rings is 1. The summed E-state index contributed by atoms with van der Waals surface area (Å²) in [6.45, 7) is 8.41. The third-order valence-electron chi connectivity index (χ3n) is 5.20. The molecule has 156 valence electrons. The largest absolute Gasteiger partial charge is 0.492 e. The number of halogens is 1. The zero-order valence-electron chi connectivity index (χ0n) is 17.4. The van der Waals surface area contributed by atoms with E-state index in [0.29, 0.717) is 43.8 Å². The van der Waals surface area contributed by atoms with Gasteiger partial charge in [0.1, 0.15) is 23.2 Å². The quantitative estimate of drug-likeness (QED) is 0.818. The smallest absolute Gasteiger partial charge is 0.213 e. The van der Waals surface area contributed by atoms with Crippen LogP contribution in [-0.2, 0) is 4.74 Å². The van der Waals surface area contributed by atoms with Crippen molar-refractivity contribution in [3.8, 4) is 11.8 Å². The summed E-state index contributed by atoms with van der Waals surface area (Å²) in [6.07, 6.45) is 3.77. The van der Waals surface area contributed by atoms with Gasteiger partial charge in [-0.3, -0.25) is 10.0 Å². The second-order valence-corrected chi connectivity index (χ2v) is 7.31. The minimum Gasteiger partial charge on any atom is -0.492 e. The van der Waals surface area contributed by atoms with Gasteiger partial charge in [-0.05, 0) is 36.6 Å². The van der Waals surface area contributed by atoms with Crippen molar-refractivity contribution >= 4 is 5.96 Å². The first-order chi connectivity index (χ1) is 14.0. The van der Waals surface area contributed by atoms with Crippen LogP contribution in [0.15, 0.2) is 29.4 Å². The van der Waals surface area contributed by atoms with Gasteiger partial charge >= 0.3 is 0 Å². The summed E-state index contributed by atoms with van der Waals surface area (Å²) in [6, 6.07) is 4.92. The Kier molecular flexibility index (Phi) is 6.72. The standard InChI is InChI=1S/C21H28FN5O2/c1-5-29-20-11-15(10-17(22)16(20)12-23)18-6-7-25-21(24-4)27(18)26-8-9-28-13-19(26)14(2)3/h6-7,10-11,14,18-19H,5,8-9,13H2,1-4H3,(H,24,25). The number of rotatable bonds is 5. The van der Waals surface area contributed by atoms with Gasteiger partial charge in [0, 0.05) is 19.8 Å². The van der Waals surface area contributed by atoms with Crippen molar-refractivity contribution in [3.05, 3.63) is 41.4 Å². The summed E-state index contributed by atoms with van der Waals surface area (Å²) in [5.74, 6) is 0.705. The number of hydrazine groups is 1. The van der Waals surface area contributed by atoms with Gasteiger partial charge in [-0.1, -0.05) is 13.8 Å². The minimum absolute atomic E-state index is 0.0733. The molecule has 1 aromatic carbocycles. The first-order valence-corrected chi connectivity index (χ1v) is 9.91. The van der Waals surface area contributed by atoms with E-state index < -0.39 is 5.82 Å². The van der Waals surface area contributed by atoms with Crippen LogP contribution in [0.1, 0.15) is 37.9 Å². The van der Waals surface area contributed by atoms with Crippen molar-refractivity contribution in [1.29, 1.82) is 5.26 Å². The van der Waals surface area contributed by atoms with Gasteiger partial charge in [-0.2, -0.15) is 5.26 Å². The Morgan fingerprint density at radius 3 is 2.90 bits per heavy atom. The number of nitrogens with one attached hydrogen (secondary N) is 1. The molecular weight excluding hydrogens is 373 g/mol. The summed E-state index contributed by atoms with van der Waals surface area (Å²) < 4.78 is 26.0. The van der Waals surface area contributed by atoms with E-state index in [1.54, 1.807) is 13.1 Å². The van der Waals surface area contributed by atoms with Crippen LogP contribution in [0, 0.1) is 23.1 Å². The normalized spacial score (nSPS) is 23.9. The monoisotopic (exact) mass is 401 g/mol.